The van der Waals surface area contributed by atoms with Crippen LogP contribution < -0.4 is 0 Å². The first-order valence-corrected chi connectivity index (χ1v) is 14.4. The molecule has 4 fully saturated rings. The van der Waals surface area contributed by atoms with Crippen LogP contribution in [0.5, 0.6) is 0 Å². The van der Waals surface area contributed by atoms with Gasteiger partial charge in [-0.2, -0.15) is 0 Å². The maximum atomic E-state index is 11.2. The highest BCUT2D eigenvalue weighted by Crippen LogP contribution is 2.69. The first-order valence-electron chi connectivity index (χ1n) is 14.4. The maximum Gasteiger partial charge on any atom is 0.303 e. The topological polar surface area (TPSA) is 37.3 Å². The van der Waals surface area contributed by atoms with Gasteiger partial charge in [-0.3, -0.25) is 4.79 Å². The third kappa shape index (κ3) is 4.43. The van der Waals surface area contributed by atoms with E-state index in [-0.39, 0.29) is 0 Å². The van der Waals surface area contributed by atoms with E-state index in [0.717, 1.165) is 47.8 Å². The van der Waals surface area contributed by atoms with E-state index in [0.29, 0.717) is 23.2 Å². The van der Waals surface area contributed by atoms with Gasteiger partial charge in [0.2, 0.25) is 0 Å². The Morgan fingerprint density at radius 2 is 1.66 bits per heavy atom. The molecule has 2 heteroatoms. The highest BCUT2D eigenvalue weighted by molar-refractivity contribution is 5.66. The molecule has 0 aromatic carbocycles. The van der Waals surface area contributed by atoms with Gasteiger partial charge >= 0.3 is 5.97 Å². The van der Waals surface area contributed by atoms with Crippen LogP contribution in [0.4, 0.5) is 0 Å². The van der Waals surface area contributed by atoms with Crippen molar-refractivity contribution in [1.82, 2.24) is 0 Å². The molecule has 0 radical (unpaired) electrons. The van der Waals surface area contributed by atoms with E-state index in [1.165, 1.54) is 77.0 Å². The Hall–Kier alpha value is -0.530. The molecule has 5 unspecified atom stereocenters. The molecular weight excluding hydrogens is 392 g/mol. The quantitative estimate of drug-likeness (QED) is 0.407. The molecule has 0 aromatic heterocycles. The highest BCUT2D eigenvalue weighted by atomic mass is 16.4. The number of rotatable bonds is 8. The molecule has 4 aliphatic carbocycles. The van der Waals surface area contributed by atoms with Crippen molar-refractivity contribution < 1.29 is 9.90 Å². The van der Waals surface area contributed by atoms with Crippen LogP contribution in [0.15, 0.2) is 0 Å². The molecule has 0 spiro atoms. The molecule has 0 aromatic rings. The van der Waals surface area contributed by atoms with Crippen molar-refractivity contribution in [2.24, 2.45) is 58.2 Å². The predicted molar refractivity (Wildman–Crippen MR) is 133 cm³/mol. The lowest BCUT2D eigenvalue weighted by Gasteiger charge is -2.63. The Labute approximate surface area is 198 Å². The molecule has 1 N–H and O–H groups in total. The molecule has 0 amide bonds. The van der Waals surface area contributed by atoms with Crippen LogP contribution in [0.3, 0.4) is 0 Å². The number of hydrogen-bond donors (Lipinski definition) is 1. The number of hydrogen-bond acceptors (Lipinski definition) is 1. The second kappa shape index (κ2) is 9.61. The normalized spacial score (nSPS) is 44.6. The van der Waals surface area contributed by atoms with Gasteiger partial charge in [0.05, 0.1) is 0 Å². The summed E-state index contributed by atoms with van der Waals surface area (Å²) in [6.45, 7) is 12.5. The molecule has 0 saturated heterocycles. The molecule has 184 valence electrons. The fourth-order valence-corrected chi connectivity index (χ4v) is 10.2. The number of carboxylic acids is 1. The molecule has 4 saturated carbocycles. The van der Waals surface area contributed by atoms with Crippen LogP contribution in [0, 0.1) is 58.2 Å². The van der Waals surface area contributed by atoms with Crippen LogP contribution in [0.1, 0.15) is 125 Å². The minimum Gasteiger partial charge on any atom is -0.481 e. The van der Waals surface area contributed by atoms with E-state index >= 15 is 0 Å². The summed E-state index contributed by atoms with van der Waals surface area (Å²) in [6.07, 6.45) is 18.6. The summed E-state index contributed by atoms with van der Waals surface area (Å²) in [4.78, 5) is 11.2. The summed E-state index contributed by atoms with van der Waals surface area (Å²) in [5, 5.41) is 9.23. The van der Waals surface area contributed by atoms with Crippen LogP contribution in [0.25, 0.3) is 0 Å². The fourth-order valence-electron chi connectivity index (χ4n) is 10.2. The Kier molecular flexibility index (Phi) is 7.39. The molecule has 4 rings (SSSR count). The van der Waals surface area contributed by atoms with Crippen LogP contribution in [0.2, 0.25) is 0 Å². The minimum atomic E-state index is -0.618. The lowest BCUT2D eigenvalue weighted by atomic mass is 9.42. The number of carboxylic acid groups (broad SMARTS) is 1. The second-order valence-electron chi connectivity index (χ2n) is 13.7. The van der Waals surface area contributed by atoms with Gasteiger partial charge in [-0.05, 0) is 110 Å². The number of fused-ring (bicyclic) bond motifs is 5. The summed E-state index contributed by atoms with van der Waals surface area (Å²) in [5.74, 6) is 6.26. The van der Waals surface area contributed by atoms with Crippen molar-refractivity contribution in [2.45, 2.75) is 125 Å². The monoisotopic (exact) mass is 444 g/mol. The third-order valence-corrected chi connectivity index (χ3v) is 11.7. The Morgan fingerprint density at radius 3 is 2.38 bits per heavy atom. The molecule has 9 atom stereocenters. The zero-order valence-corrected chi connectivity index (χ0v) is 21.9. The Balaban J connectivity index is 1.53. The van der Waals surface area contributed by atoms with Gasteiger partial charge < -0.3 is 5.11 Å². The zero-order valence-electron chi connectivity index (χ0n) is 21.9. The summed E-state index contributed by atoms with van der Waals surface area (Å²) >= 11 is 0. The van der Waals surface area contributed by atoms with Gasteiger partial charge in [0.1, 0.15) is 0 Å². The van der Waals surface area contributed by atoms with Crippen molar-refractivity contribution in [3.8, 4) is 0 Å². The van der Waals surface area contributed by atoms with Crippen molar-refractivity contribution in [2.75, 3.05) is 0 Å². The van der Waals surface area contributed by atoms with Gasteiger partial charge in [0.25, 0.3) is 0 Å². The van der Waals surface area contributed by atoms with Crippen molar-refractivity contribution in [3.05, 3.63) is 0 Å². The van der Waals surface area contributed by atoms with Crippen LogP contribution in [-0.2, 0) is 4.79 Å². The number of aliphatic carboxylic acids is 1. The summed E-state index contributed by atoms with van der Waals surface area (Å²) in [6, 6.07) is 0. The largest absolute Gasteiger partial charge is 0.481 e. The molecule has 0 aliphatic heterocycles. The molecule has 2 nitrogen and oxygen atoms in total. The lowest BCUT2D eigenvalue weighted by molar-refractivity contribution is -0.141. The zero-order chi connectivity index (χ0) is 23.1. The molecule has 4 aliphatic rings. The average Bonchev–Trinajstić information content (AvgIpc) is 3.09. The van der Waals surface area contributed by atoms with Gasteiger partial charge in [-0.15, -0.1) is 0 Å². The SMILES string of the molecule is CC(C)CCCC1CC2C(CC[C@@]3(C)C2CC[C@@H]3[C@H](C)CCC(=O)O)[C@@]2(C)CCCCC12. The van der Waals surface area contributed by atoms with E-state index in [1.807, 2.05) is 0 Å². The summed E-state index contributed by atoms with van der Waals surface area (Å²) in [7, 11) is 0. The molecule has 32 heavy (non-hydrogen) atoms. The fraction of sp³-hybridized carbons (Fsp3) is 0.967. The molecular formula is C30H52O2. The van der Waals surface area contributed by atoms with Gasteiger partial charge in [-0.25, -0.2) is 0 Å². The highest BCUT2D eigenvalue weighted by Gasteiger charge is 2.61. The number of carbonyl (C=O) groups is 1. The van der Waals surface area contributed by atoms with Crippen molar-refractivity contribution in [1.29, 1.82) is 0 Å². The van der Waals surface area contributed by atoms with Gasteiger partial charge in [-0.1, -0.05) is 66.7 Å². The van der Waals surface area contributed by atoms with Crippen LogP contribution in [-0.4, -0.2) is 11.1 Å². The predicted octanol–water partition coefficient (Wildman–Crippen LogP) is 8.59. The second-order valence-corrected chi connectivity index (χ2v) is 13.7. The van der Waals surface area contributed by atoms with E-state index < -0.39 is 5.97 Å². The van der Waals surface area contributed by atoms with E-state index in [2.05, 4.69) is 34.6 Å². The lowest BCUT2D eigenvalue weighted by Crippen LogP contribution is -2.55. The maximum absolute atomic E-state index is 11.2. The summed E-state index contributed by atoms with van der Waals surface area (Å²) < 4.78 is 0. The minimum absolute atomic E-state index is 0.349. The first kappa shape index (κ1) is 24.6. The first-order chi connectivity index (χ1) is 15.2. The van der Waals surface area contributed by atoms with Crippen molar-refractivity contribution in [3.63, 3.8) is 0 Å². The smallest absolute Gasteiger partial charge is 0.303 e. The Morgan fingerprint density at radius 1 is 0.906 bits per heavy atom. The van der Waals surface area contributed by atoms with Crippen molar-refractivity contribution >= 4 is 5.97 Å². The average molecular weight is 445 g/mol. The molecule has 0 bridgehead atoms. The van der Waals surface area contributed by atoms with E-state index in [9.17, 15) is 9.90 Å². The summed E-state index contributed by atoms with van der Waals surface area (Å²) in [5.41, 5.74) is 1.05. The molecule has 0 heterocycles. The Bertz CT molecular complexity index is 655. The van der Waals surface area contributed by atoms with E-state index in [1.54, 1.807) is 0 Å². The van der Waals surface area contributed by atoms with E-state index in [4.69, 9.17) is 0 Å². The van der Waals surface area contributed by atoms with Gasteiger partial charge in [0, 0.05) is 6.42 Å². The van der Waals surface area contributed by atoms with Gasteiger partial charge in [0.15, 0.2) is 0 Å². The standard InChI is InChI=1S/C30H52O2/c1-20(2)9-8-10-22-19-23-26-14-13-24(21(3)12-15-28(31)32)30(26,5)18-16-27(23)29(4)17-7-6-11-25(22)29/h20-27H,6-19H2,1-5H3,(H,31,32)/t21-,22?,23?,24-,25?,26?,27?,29+,30-/m1/s1. The third-order valence-electron chi connectivity index (χ3n) is 11.7. The van der Waals surface area contributed by atoms with Crippen LogP contribution >= 0.6 is 0 Å².